The molecular weight excluding hydrogens is 308 g/mol. The van der Waals surface area contributed by atoms with Gasteiger partial charge in [0, 0.05) is 29.8 Å². The highest BCUT2D eigenvalue weighted by Gasteiger charge is 2.19. The van der Waals surface area contributed by atoms with Gasteiger partial charge in [-0.3, -0.25) is 9.78 Å². The van der Waals surface area contributed by atoms with E-state index in [1.165, 1.54) is 0 Å². The van der Waals surface area contributed by atoms with Crippen molar-refractivity contribution in [3.8, 4) is 5.75 Å². The Morgan fingerprint density at radius 2 is 2.21 bits per heavy atom. The summed E-state index contributed by atoms with van der Waals surface area (Å²) in [5, 5.41) is 13.6. The summed E-state index contributed by atoms with van der Waals surface area (Å²) in [6, 6.07) is 10.7. The fourth-order valence-electron chi connectivity index (χ4n) is 2.50. The Labute approximate surface area is 139 Å². The van der Waals surface area contributed by atoms with Gasteiger partial charge in [0.1, 0.15) is 17.4 Å². The number of furan rings is 1. The normalized spacial score (nSPS) is 12.1. The van der Waals surface area contributed by atoms with Gasteiger partial charge in [0.05, 0.1) is 12.8 Å². The molecule has 0 aliphatic heterocycles. The molecule has 0 aliphatic carbocycles. The summed E-state index contributed by atoms with van der Waals surface area (Å²) in [7, 11) is 1.57. The van der Waals surface area contributed by atoms with Crippen molar-refractivity contribution in [2.24, 2.45) is 0 Å². The van der Waals surface area contributed by atoms with Gasteiger partial charge < -0.3 is 19.6 Å². The standard InChI is InChI=1S/C18H18N2O4/c1-11-13-7-6-12(23-2)9-16(13)24-17(11)18(22)20-10-15(21)14-5-3-4-8-19-14/h3-9,15,21H,10H2,1-2H3,(H,20,22)/t15-/m0/s1. The zero-order valence-corrected chi connectivity index (χ0v) is 13.4. The Bertz CT molecular complexity index is 858. The largest absolute Gasteiger partial charge is 0.497 e. The van der Waals surface area contributed by atoms with Crippen LogP contribution in [0, 0.1) is 6.92 Å². The molecule has 24 heavy (non-hydrogen) atoms. The minimum atomic E-state index is -0.875. The van der Waals surface area contributed by atoms with Crippen molar-refractivity contribution >= 4 is 16.9 Å². The van der Waals surface area contributed by atoms with Crippen molar-refractivity contribution < 1.29 is 19.1 Å². The van der Waals surface area contributed by atoms with Crippen molar-refractivity contribution in [2.75, 3.05) is 13.7 Å². The molecule has 0 aliphatic rings. The lowest BCUT2D eigenvalue weighted by Crippen LogP contribution is -2.28. The summed E-state index contributed by atoms with van der Waals surface area (Å²) in [6.07, 6.45) is 0.719. The molecule has 2 heterocycles. The summed E-state index contributed by atoms with van der Waals surface area (Å²) < 4.78 is 10.8. The average Bonchev–Trinajstić information content (AvgIpc) is 2.96. The van der Waals surface area contributed by atoms with E-state index in [0.29, 0.717) is 17.0 Å². The maximum absolute atomic E-state index is 12.4. The fourth-order valence-corrected chi connectivity index (χ4v) is 2.50. The molecule has 2 aromatic heterocycles. The van der Waals surface area contributed by atoms with Crippen molar-refractivity contribution in [3.05, 3.63) is 59.6 Å². The van der Waals surface area contributed by atoms with E-state index in [1.54, 1.807) is 37.6 Å². The molecule has 3 rings (SSSR count). The van der Waals surface area contributed by atoms with Gasteiger partial charge in [0.2, 0.25) is 0 Å². The van der Waals surface area contributed by atoms with Crippen LogP contribution in [0.25, 0.3) is 11.0 Å². The molecular formula is C18H18N2O4. The first-order chi connectivity index (χ1) is 11.6. The maximum Gasteiger partial charge on any atom is 0.287 e. The molecule has 2 N–H and O–H groups in total. The first-order valence-electron chi connectivity index (χ1n) is 7.54. The highest BCUT2D eigenvalue weighted by molar-refractivity contribution is 5.99. The van der Waals surface area contributed by atoms with Gasteiger partial charge in [0.15, 0.2) is 5.76 Å². The van der Waals surface area contributed by atoms with Gasteiger partial charge in [-0.25, -0.2) is 0 Å². The Morgan fingerprint density at radius 3 is 2.92 bits per heavy atom. The van der Waals surface area contributed by atoms with E-state index >= 15 is 0 Å². The van der Waals surface area contributed by atoms with Gasteiger partial charge in [0.25, 0.3) is 5.91 Å². The van der Waals surface area contributed by atoms with Crippen LogP contribution in [0.3, 0.4) is 0 Å². The number of aliphatic hydroxyl groups is 1. The minimum Gasteiger partial charge on any atom is -0.497 e. The number of rotatable bonds is 5. The smallest absolute Gasteiger partial charge is 0.287 e. The van der Waals surface area contributed by atoms with Crippen molar-refractivity contribution in [2.45, 2.75) is 13.0 Å². The third kappa shape index (κ3) is 3.09. The highest BCUT2D eigenvalue weighted by atomic mass is 16.5. The van der Waals surface area contributed by atoms with E-state index in [0.717, 1.165) is 10.9 Å². The summed E-state index contributed by atoms with van der Waals surface area (Å²) in [5.41, 5.74) is 1.84. The fraction of sp³-hybridized carbons (Fsp3) is 0.222. The van der Waals surface area contributed by atoms with Crippen LogP contribution in [-0.2, 0) is 0 Å². The van der Waals surface area contributed by atoms with Crippen molar-refractivity contribution in [1.82, 2.24) is 10.3 Å². The topological polar surface area (TPSA) is 84.6 Å². The SMILES string of the molecule is COc1ccc2c(C)c(C(=O)NC[C@H](O)c3ccccn3)oc2c1. The second-order valence-corrected chi connectivity index (χ2v) is 5.40. The number of pyridine rings is 1. The molecule has 0 saturated heterocycles. The Morgan fingerprint density at radius 1 is 1.38 bits per heavy atom. The molecule has 0 bridgehead atoms. The van der Waals surface area contributed by atoms with Crippen LogP contribution < -0.4 is 10.1 Å². The summed E-state index contributed by atoms with van der Waals surface area (Å²) in [6.45, 7) is 1.87. The van der Waals surface area contributed by atoms with Crippen molar-refractivity contribution in [3.63, 3.8) is 0 Å². The van der Waals surface area contributed by atoms with E-state index in [1.807, 2.05) is 19.1 Å². The monoisotopic (exact) mass is 326 g/mol. The van der Waals surface area contributed by atoms with E-state index in [9.17, 15) is 9.90 Å². The lowest BCUT2D eigenvalue weighted by molar-refractivity contribution is 0.0888. The molecule has 1 atom stereocenters. The number of nitrogens with one attached hydrogen (secondary N) is 1. The quantitative estimate of drug-likeness (QED) is 0.753. The number of aliphatic hydroxyl groups excluding tert-OH is 1. The highest BCUT2D eigenvalue weighted by Crippen LogP contribution is 2.28. The van der Waals surface area contributed by atoms with Gasteiger partial charge in [-0.2, -0.15) is 0 Å². The van der Waals surface area contributed by atoms with Crippen LogP contribution in [0.5, 0.6) is 5.75 Å². The number of carbonyl (C=O) groups excluding carboxylic acids is 1. The number of hydrogen-bond acceptors (Lipinski definition) is 5. The van der Waals surface area contributed by atoms with Gasteiger partial charge in [-0.05, 0) is 31.2 Å². The van der Waals surface area contributed by atoms with Crippen LogP contribution >= 0.6 is 0 Å². The van der Waals surface area contributed by atoms with Gasteiger partial charge >= 0.3 is 0 Å². The lowest BCUT2D eigenvalue weighted by Gasteiger charge is -2.10. The average molecular weight is 326 g/mol. The number of ether oxygens (including phenoxy) is 1. The molecule has 0 fully saturated rings. The van der Waals surface area contributed by atoms with Crippen LogP contribution in [0.2, 0.25) is 0 Å². The number of fused-ring (bicyclic) bond motifs is 1. The van der Waals surface area contributed by atoms with Crippen LogP contribution in [0.15, 0.2) is 47.0 Å². The molecule has 6 heteroatoms. The number of aromatic nitrogens is 1. The zero-order valence-electron chi connectivity index (χ0n) is 13.4. The molecule has 0 radical (unpaired) electrons. The molecule has 124 valence electrons. The zero-order chi connectivity index (χ0) is 17.1. The van der Waals surface area contributed by atoms with E-state index in [-0.39, 0.29) is 18.2 Å². The minimum absolute atomic E-state index is 0.0512. The second-order valence-electron chi connectivity index (χ2n) is 5.40. The van der Waals surface area contributed by atoms with E-state index in [2.05, 4.69) is 10.3 Å². The third-order valence-corrected chi connectivity index (χ3v) is 3.84. The number of carbonyl (C=O) groups is 1. The molecule has 0 unspecified atom stereocenters. The molecule has 6 nitrogen and oxygen atoms in total. The molecule has 1 aromatic carbocycles. The molecule has 0 saturated carbocycles. The van der Waals surface area contributed by atoms with Gasteiger partial charge in [-0.1, -0.05) is 6.07 Å². The van der Waals surface area contributed by atoms with Gasteiger partial charge in [-0.15, -0.1) is 0 Å². The number of hydrogen-bond donors (Lipinski definition) is 2. The van der Waals surface area contributed by atoms with Crippen LogP contribution in [0.1, 0.15) is 27.9 Å². The van der Waals surface area contributed by atoms with E-state index < -0.39 is 6.10 Å². The number of nitrogens with zero attached hydrogens (tertiary/aromatic N) is 1. The number of aryl methyl sites for hydroxylation is 1. The molecule has 1 amide bonds. The summed E-state index contributed by atoms with van der Waals surface area (Å²) in [4.78, 5) is 16.4. The Kier molecular flexibility index (Phi) is 4.48. The first-order valence-corrected chi connectivity index (χ1v) is 7.54. The molecule has 0 spiro atoms. The predicted molar refractivity (Wildman–Crippen MR) is 89.0 cm³/mol. The first kappa shape index (κ1) is 16.0. The second kappa shape index (κ2) is 6.72. The Balaban J connectivity index is 1.75. The number of benzene rings is 1. The Hall–Kier alpha value is -2.86. The third-order valence-electron chi connectivity index (χ3n) is 3.84. The van der Waals surface area contributed by atoms with Crippen LogP contribution in [-0.4, -0.2) is 29.7 Å². The predicted octanol–water partition coefficient (Wildman–Crippen LogP) is 2.61. The van der Waals surface area contributed by atoms with Crippen molar-refractivity contribution in [1.29, 1.82) is 0 Å². The number of amides is 1. The van der Waals surface area contributed by atoms with E-state index in [4.69, 9.17) is 9.15 Å². The lowest BCUT2D eigenvalue weighted by atomic mass is 10.1. The summed E-state index contributed by atoms with van der Waals surface area (Å²) in [5.74, 6) is 0.512. The number of methoxy groups -OCH3 is 1. The van der Waals surface area contributed by atoms with Crippen LogP contribution in [0.4, 0.5) is 0 Å². The maximum atomic E-state index is 12.4. The molecule has 3 aromatic rings. The summed E-state index contributed by atoms with van der Waals surface area (Å²) >= 11 is 0.